The van der Waals surface area contributed by atoms with Gasteiger partial charge in [0.15, 0.2) is 0 Å². The van der Waals surface area contributed by atoms with E-state index in [1.165, 1.54) is 11.3 Å². The van der Waals surface area contributed by atoms with Gasteiger partial charge in [0.25, 0.3) is 0 Å². The molecule has 0 radical (unpaired) electrons. The fourth-order valence-corrected chi connectivity index (χ4v) is 3.20. The lowest BCUT2D eigenvalue weighted by Crippen LogP contribution is -2.28. The minimum Gasteiger partial charge on any atom is -0.481 e. The van der Waals surface area contributed by atoms with Crippen molar-refractivity contribution < 1.29 is 9.90 Å². The number of carboxylic acid groups (broad SMARTS) is 1. The van der Waals surface area contributed by atoms with Crippen LogP contribution < -0.4 is 4.87 Å². The van der Waals surface area contributed by atoms with E-state index in [1.807, 2.05) is 0 Å². The van der Waals surface area contributed by atoms with Crippen molar-refractivity contribution in [2.75, 3.05) is 13.1 Å². The number of aromatic nitrogens is 1. The van der Waals surface area contributed by atoms with Crippen molar-refractivity contribution in [3.05, 3.63) is 20.2 Å². The minimum atomic E-state index is -0.788. The minimum absolute atomic E-state index is 0.0420. The van der Waals surface area contributed by atoms with E-state index in [0.717, 1.165) is 23.5 Å². The smallest absolute Gasteiger partial charge is 0.305 e. The van der Waals surface area contributed by atoms with E-state index in [4.69, 9.17) is 5.11 Å². The van der Waals surface area contributed by atoms with Crippen LogP contribution in [0.5, 0.6) is 0 Å². The second-order valence-corrected chi connectivity index (χ2v) is 7.05. The maximum atomic E-state index is 11.6. The fraction of sp³-hybridized carbons (Fsp3) is 0.714. The second-order valence-electron chi connectivity index (χ2n) is 5.98. The number of nitrogens with one attached hydrogen (secondary N) is 1. The number of aliphatic carboxylic acids is 1. The average Bonchev–Trinajstić information content (AvgIpc) is 2.67. The van der Waals surface area contributed by atoms with Crippen LogP contribution in [0, 0.1) is 0 Å². The van der Waals surface area contributed by atoms with Gasteiger partial charge in [-0.1, -0.05) is 39.0 Å². The number of hydrogen-bond donors (Lipinski definition) is 2. The lowest BCUT2D eigenvalue weighted by atomic mass is 9.91. The van der Waals surface area contributed by atoms with Gasteiger partial charge in [0.05, 0.1) is 6.42 Å². The van der Waals surface area contributed by atoms with Gasteiger partial charge in [-0.3, -0.25) is 14.5 Å². The van der Waals surface area contributed by atoms with E-state index < -0.39 is 5.97 Å². The molecule has 0 bridgehead atoms. The first-order chi connectivity index (χ1) is 9.24. The molecule has 1 aromatic rings. The Labute approximate surface area is 123 Å². The number of carboxylic acids is 1. The Morgan fingerprint density at radius 3 is 2.50 bits per heavy atom. The summed E-state index contributed by atoms with van der Waals surface area (Å²) in [5.74, 6) is -0.788. The van der Waals surface area contributed by atoms with Gasteiger partial charge in [-0.15, -0.1) is 0 Å². The molecule has 0 atom stereocenters. The lowest BCUT2D eigenvalue weighted by Gasteiger charge is -2.23. The third-order valence-electron chi connectivity index (χ3n) is 3.02. The normalized spacial score (nSPS) is 12.1. The zero-order chi connectivity index (χ0) is 15.3. The molecular weight excluding hydrogens is 276 g/mol. The molecule has 0 unspecified atom stereocenters. The molecule has 0 fully saturated rings. The quantitative estimate of drug-likeness (QED) is 0.811. The summed E-state index contributed by atoms with van der Waals surface area (Å²) in [6.45, 7) is 10.2. The molecule has 1 heterocycles. The number of carbonyl (C=O) groups is 1. The van der Waals surface area contributed by atoms with Crippen molar-refractivity contribution in [2.45, 2.75) is 52.5 Å². The van der Waals surface area contributed by atoms with Crippen LogP contribution in [-0.2, 0) is 16.8 Å². The predicted octanol–water partition coefficient (Wildman–Crippen LogP) is 2.42. The molecule has 1 rings (SSSR count). The highest BCUT2D eigenvalue weighted by Gasteiger charge is 2.22. The molecule has 0 amide bonds. The zero-order valence-electron chi connectivity index (χ0n) is 12.7. The average molecular weight is 300 g/mol. The van der Waals surface area contributed by atoms with Crippen molar-refractivity contribution in [1.29, 1.82) is 0 Å². The molecule has 5 nitrogen and oxygen atoms in total. The van der Waals surface area contributed by atoms with Gasteiger partial charge in [0.1, 0.15) is 0 Å². The van der Waals surface area contributed by atoms with E-state index >= 15 is 0 Å². The molecule has 0 aliphatic rings. The summed E-state index contributed by atoms with van der Waals surface area (Å²) in [6, 6.07) is 0. The molecule has 0 aliphatic heterocycles. The first-order valence-electron chi connectivity index (χ1n) is 6.90. The Morgan fingerprint density at radius 2 is 2.00 bits per heavy atom. The molecule has 0 saturated carbocycles. The van der Waals surface area contributed by atoms with Crippen molar-refractivity contribution in [2.24, 2.45) is 0 Å². The maximum absolute atomic E-state index is 11.6. The molecule has 0 aliphatic carbocycles. The van der Waals surface area contributed by atoms with E-state index in [-0.39, 0.29) is 16.7 Å². The second kappa shape index (κ2) is 7.04. The number of H-pyrrole nitrogens is 1. The maximum Gasteiger partial charge on any atom is 0.305 e. The summed E-state index contributed by atoms with van der Waals surface area (Å²) in [5, 5.41) is 8.80. The molecule has 0 aromatic carbocycles. The third kappa shape index (κ3) is 5.09. The standard InChI is InChI=1S/C14H24N2O3S/c1-5-7-16(8-6-11(17)18)9-10-12(14(2,3)4)15-13(19)20-10/h5-9H2,1-4H3,(H,15,19)(H,17,18). The van der Waals surface area contributed by atoms with E-state index in [2.05, 4.69) is 37.6 Å². The van der Waals surface area contributed by atoms with Crippen molar-refractivity contribution in [3.63, 3.8) is 0 Å². The summed E-state index contributed by atoms with van der Waals surface area (Å²) in [4.78, 5) is 28.3. The lowest BCUT2D eigenvalue weighted by molar-refractivity contribution is -0.137. The molecule has 0 saturated heterocycles. The Morgan fingerprint density at radius 1 is 1.35 bits per heavy atom. The monoisotopic (exact) mass is 300 g/mol. The summed E-state index contributed by atoms with van der Waals surface area (Å²) >= 11 is 1.23. The van der Waals surface area contributed by atoms with Gasteiger partial charge < -0.3 is 10.1 Å². The van der Waals surface area contributed by atoms with Gasteiger partial charge in [0.2, 0.25) is 0 Å². The summed E-state index contributed by atoms with van der Waals surface area (Å²) < 4.78 is 0. The van der Waals surface area contributed by atoms with Crippen LogP contribution in [0.2, 0.25) is 0 Å². The fourth-order valence-electron chi connectivity index (χ4n) is 2.12. The Hall–Kier alpha value is -1.14. The van der Waals surface area contributed by atoms with Crippen LogP contribution in [0.15, 0.2) is 4.79 Å². The van der Waals surface area contributed by atoms with E-state index in [9.17, 15) is 9.59 Å². The summed E-state index contributed by atoms with van der Waals surface area (Å²) in [5.41, 5.74) is 0.850. The van der Waals surface area contributed by atoms with Gasteiger partial charge in [-0.05, 0) is 13.0 Å². The summed E-state index contributed by atoms with van der Waals surface area (Å²) in [7, 11) is 0. The van der Waals surface area contributed by atoms with Crippen LogP contribution in [0.1, 0.15) is 51.1 Å². The predicted molar refractivity (Wildman–Crippen MR) is 81.5 cm³/mol. The Balaban J connectivity index is 2.87. The molecule has 114 valence electrons. The molecule has 6 heteroatoms. The number of hydrogen-bond acceptors (Lipinski definition) is 4. The molecule has 20 heavy (non-hydrogen) atoms. The first-order valence-corrected chi connectivity index (χ1v) is 7.72. The molecule has 2 N–H and O–H groups in total. The molecular formula is C14H24N2O3S. The van der Waals surface area contributed by atoms with Crippen LogP contribution in [-0.4, -0.2) is 34.0 Å². The SMILES string of the molecule is CCCN(CCC(=O)O)Cc1sc(=O)[nH]c1C(C)(C)C. The largest absolute Gasteiger partial charge is 0.481 e. The Bertz CT molecular complexity index is 499. The van der Waals surface area contributed by atoms with Crippen molar-refractivity contribution >= 4 is 17.3 Å². The zero-order valence-corrected chi connectivity index (χ0v) is 13.5. The van der Waals surface area contributed by atoms with E-state index in [0.29, 0.717) is 13.1 Å². The van der Waals surface area contributed by atoms with Crippen molar-refractivity contribution in [1.82, 2.24) is 9.88 Å². The van der Waals surface area contributed by atoms with Gasteiger partial charge in [0, 0.05) is 29.1 Å². The highest BCUT2D eigenvalue weighted by atomic mass is 32.1. The van der Waals surface area contributed by atoms with Crippen molar-refractivity contribution in [3.8, 4) is 0 Å². The number of nitrogens with zero attached hydrogens (tertiary/aromatic N) is 1. The highest BCUT2D eigenvalue weighted by Crippen LogP contribution is 2.26. The Kier molecular flexibility index (Phi) is 5.95. The summed E-state index contributed by atoms with van der Waals surface area (Å²) in [6.07, 6.45) is 1.09. The van der Waals surface area contributed by atoms with Crippen LogP contribution in [0.4, 0.5) is 0 Å². The van der Waals surface area contributed by atoms with Crippen LogP contribution in [0.3, 0.4) is 0 Å². The van der Waals surface area contributed by atoms with Gasteiger partial charge >= 0.3 is 10.8 Å². The number of thiazole rings is 1. The van der Waals surface area contributed by atoms with Crippen LogP contribution in [0.25, 0.3) is 0 Å². The van der Waals surface area contributed by atoms with Crippen LogP contribution >= 0.6 is 11.3 Å². The topological polar surface area (TPSA) is 73.4 Å². The molecule has 0 spiro atoms. The molecule has 1 aromatic heterocycles. The third-order valence-corrected chi connectivity index (χ3v) is 3.89. The number of rotatable bonds is 7. The highest BCUT2D eigenvalue weighted by molar-refractivity contribution is 7.09. The number of aromatic amines is 1. The first kappa shape index (κ1) is 16.9. The van der Waals surface area contributed by atoms with Gasteiger partial charge in [-0.2, -0.15) is 0 Å². The van der Waals surface area contributed by atoms with E-state index in [1.54, 1.807) is 0 Å². The van der Waals surface area contributed by atoms with Gasteiger partial charge in [-0.25, -0.2) is 0 Å².